The topological polar surface area (TPSA) is 33.2 Å². The summed E-state index contributed by atoms with van der Waals surface area (Å²) in [5.41, 5.74) is 2.37. The molecule has 0 saturated heterocycles. The van der Waals surface area contributed by atoms with Crippen molar-refractivity contribution in [1.29, 1.82) is 0 Å². The first-order chi connectivity index (χ1) is 10.7. The molecule has 0 radical (unpaired) electrons. The third kappa shape index (κ3) is 4.88. The highest BCUT2D eigenvalue weighted by Gasteiger charge is 2.19. The van der Waals surface area contributed by atoms with Crippen LogP contribution in [0.4, 0.5) is 0 Å². The predicted molar refractivity (Wildman–Crippen MR) is 92.8 cm³/mol. The lowest BCUT2D eigenvalue weighted by atomic mass is 10.1. The van der Waals surface area contributed by atoms with Crippen LogP contribution in [0.2, 0.25) is 0 Å². The van der Waals surface area contributed by atoms with Gasteiger partial charge in [0.15, 0.2) is 0 Å². The number of pyridine rings is 1. The molecule has 2 rings (SSSR count). The number of benzene rings is 1. The molecular weight excluding hydrogens is 292 g/mol. The molecule has 3 nitrogen and oxygen atoms in total. The van der Waals surface area contributed by atoms with Crippen molar-refractivity contribution < 1.29 is 4.79 Å². The molecule has 116 valence electrons. The second-order valence-electron chi connectivity index (χ2n) is 5.23. The minimum absolute atomic E-state index is 0.0161. The van der Waals surface area contributed by atoms with Gasteiger partial charge < -0.3 is 4.90 Å². The smallest absolute Gasteiger partial charge is 0.235 e. The maximum Gasteiger partial charge on any atom is 0.235 e. The number of hydrogen-bond acceptors (Lipinski definition) is 3. The lowest BCUT2D eigenvalue weighted by Gasteiger charge is -2.25. The van der Waals surface area contributed by atoms with Crippen LogP contribution < -0.4 is 0 Å². The summed E-state index contributed by atoms with van der Waals surface area (Å²) in [7, 11) is 0. The van der Waals surface area contributed by atoms with Crippen LogP contribution in [0.25, 0.3) is 0 Å². The van der Waals surface area contributed by atoms with Crippen LogP contribution in [0.1, 0.15) is 18.1 Å². The quantitative estimate of drug-likeness (QED) is 0.785. The van der Waals surface area contributed by atoms with E-state index < -0.39 is 0 Å². The van der Waals surface area contributed by atoms with Gasteiger partial charge in [0.1, 0.15) is 0 Å². The lowest BCUT2D eigenvalue weighted by Crippen LogP contribution is -2.37. The van der Waals surface area contributed by atoms with Crippen LogP contribution in [-0.2, 0) is 17.8 Å². The van der Waals surface area contributed by atoms with E-state index in [-0.39, 0.29) is 11.2 Å². The molecule has 4 heteroatoms. The van der Waals surface area contributed by atoms with Gasteiger partial charge in [0.2, 0.25) is 5.91 Å². The number of carbonyl (C=O) groups excluding carboxylic acids is 1. The van der Waals surface area contributed by atoms with Gasteiger partial charge in [-0.2, -0.15) is 11.8 Å². The van der Waals surface area contributed by atoms with Gasteiger partial charge in [0, 0.05) is 25.5 Å². The second kappa shape index (κ2) is 8.59. The maximum atomic E-state index is 12.6. The first-order valence-electron chi connectivity index (χ1n) is 7.45. The van der Waals surface area contributed by atoms with E-state index >= 15 is 0 Å². The molecule has 2 aromatic rings. The van der Waals surface area contributed by atoms with Crippen molar-refractivity contribution in [1.82, 2.24) is 9.88 Å². The Morgan fingerprint density at radius 3 is 2.45 bits per heavy atom. The highest BCUT2D eigenvalue weighted by Crippen LogP contribution is 2.13. The molecule has 1 amide bonds. The van der Waals surface area contributed by atoms with Crippen LogP contribution in [0, 0.1) is 0 Å². The predicted octanol–water partition coefficient (Wildman–Crippen LogP) is 3.40. The highest BCUT2D eigenvalue weighted by atomic mass is 32.2. The number of rotatable bonds is 7. The Hall–Kier alpha value is -1.81. The van der Waals surface area contributed by atoms with Crippen LogP contribution in [-0.4, -0.2) is 33.8 Å². The van der Waals surface area contributed by atoms with Crippen LogP contribution >= 0.6 is 11.8 Å². The zero-order chi connectivity index (χ0) is 15.8. The molecule has 0 N–H and O–H groups in total. The minimum Gasteiger partial charge on any atom is -0.337 e. The third-order valence-electron chi connectivity index (χ3n) is 3.65. The van der Waals surface area contributed by atoms with Crippen LogP contribution in [0.5, 0.6) is 0 Å². The van der Waals surface area contributed by atoms with Gasteiger partial charge in [-0.3, -0.25) is 9.78 Å². The van der Waals surface area contributed by atoms with E-state index in [1.807, 2.05) is 48.4 Å². The molecule has 0 spiro atoms. The second-order valence-corrected chi connectivity index (χ2v) is 6.41. The van der Waals surface area contributed by atoms with E-state index in [9.17, 15) is 4.79 Å². The van der Waals surface area contributed by atoms with E-state index in [2.05, 4.69) is 17.1 Å². The lowest BCUT2D eigenvalue weighted by molar-refractivity contribution is -0.130. The third-order valence-corrected chi connectivity index (χ3v) is 4.56. The monoisotopic (exact) mass is 314 g/mol. The summed E-state index contributed by atoms with van der Waals surface area (Å²) in [6.07, 6.45) is 6.39. The Balaban J connectivity index is 2.05. The van der Waals surface area contributed by atoms with Gasteiger partial charge in [-0.15, -0.1) is 0 Å². The standard InChI is InChI=1S/C18H22N2OS/c1-15(22-2)18(21)20(14-17-8-11-19-12-9-17)13-10-16-6-4-3-5-7-16/h3-9,11-12,15H,10,13-14H2,1-2H3. The molecule has 1 aromatic heterocycles. The first-order valence-corrected chi connectivity index (χ1v) is 8.74. The van der Waals surface area contributed by atoms with Gasteiger partial charge in [-0.1, -0.05) is 30.3 Å². The molecule has 0 aliphatic rings. The van der Waals surface area contributed by atoms with E-state index in [0.717, 1.165) is 18.5 Å². The summed E-state index contributed by atoms with van der Waals surface area (Å²) in [6, 6.07) is 14.2. The van der Waals surface area contributed by atoms with Crippen LogP contribution in [0.3, 0.4) is 0 Å². The summed E-state index contributed by atoms with van der Waals surface area (Å²) >= 11 is 1.59. The number of thioether (sulfide) groups is 1. The van der Waals surface area contributed by atoms with Crippen LogP contribution in [0.15, 0.2) is 54.9 Å². The molecule has 0 fully saturated rings. The van der Waals surface area contributed by atoms with E-state index in [1.165, 1.54) is 5.56 Å². The van der Waals surface area contributed by atoms with Gasteiger partial charge >= 0.3 is 0 Å². The molecule has 0 saturated carbocycles. The Kier molecular flexibility index (Phi) is 6.46. The summed E-state index contributed by atoms with van der Waals surface area (Å²) < 4.78 is 0. The van der Waals surface area contributed by atoms with Crippen molar-refractivity contribution in [3.63, 3.8) is 0 Å². The first kappa shape index (κ1) is 16.6. The van der Waals surface area contributed by atoms with Gasteiger partial charge in [0.25, 0.3) is 0 Å². The SMILES string of the molecule is CSC(C)C(=O)N(CCc1ccccc1)Cc1ccncc1. The molecule has 1 heterocycles. The minimum atomic E-state index is -0.0161. The number of nitrogens with zero attached hydrogens (tertiary/aromatic N) is 2. The largest absolute Gasteiger partial charge is 0.337 e. The average molecular weight is 314 g/mol. The van der Waals surface area contributed by atoms with Crippen molar-refractivity contribution >= 4 is 17.7 Å². The number of hydrogen-bond donors (Lipinski definition) is 0. The molecule has 22 heavy (non-hydrogen) atoms. The fraction of sp³-hybridized carbons (Fsp3) is 0.333. The zero-order valence-corrected chi connectivity index (χ0v) is 13.9. The number of aromatic nitrogens is 1. The maximum absolute atomic E-state index is 12.6. The summed E-state index contributed by atoms with van der Waals surface area (Å²) in [6.45, 7) is 3.34. The van der Waals surface area contributed by atoms with Gasteiger partial charge in [-0.05, 0) is 42.9 Å². The fourth-order valence-electron chi connectivity index (χ4n) is 2.24. The molecule has 0 aliphatic carbocycles. The number of carbonyl (C=O) groups is 1. The zero-order valence-electron chi connectivity index (χ0n) is 13.1. The van der Waals surface area contributed by atoms with Gasteiger partial charge in [0.05, 0.1) is 5.25 Å². The fourth-order valence-corrected chi connectivity index (χ4v) is 2.59. The molecule has 1 atom stereocenters. The average Bonchev–Trinajstić information content (AvgIpc) is 2.59. The summed E-state index contributed by atoms with van der Waals surface area (Å²) in [5, 5.41) is -0.0161. The van der Waals surface area contributed by atoms with Crippen molar-refractivity contribution in [2.75, 3.05) is 12.8 Å². The van der Waals surface area contributed by atoms with Crippen molar-refractivity contribution in [3.8, 4) is 0 Å². The van der Waals surface area contributed by atoms with E-state index in [4.69, 9.17) is 0 Å². The molecule has 0 bridgehead atoms. The molecular formula is C18H22N2OS. The Bertz CT molecular complexity index is 574. The number of amides is 1. The molecule has 1 unspecified atom stereocenters. The molecule has 1 aromatic carbocycles. The van der Waals surface area contributed by atoms with Crippen molar-refractivity contribution in [2.45, 2.75) is 25.1 Å². The normalized spacial score (nSPS) is 11.9. The Morgan fingerprint density at radius 2 is 1.82 bits per heavy atom. The van der Waals surface area contributed by atoms with Crippen molar-refractivity contribution in [2.24, 2.45) is 0 Å². The van der Waals surface area contributed by atoms with Gasteiger partial charge in [-0.25, -0.2) is 0 Å². The highest BCUT2D eigenvalue weighted by molar-refractivity contribution is 7.99. The Labute approximate surface area is 136 Å². The van der Waals surface area contributed by atoms with E-state index in [0.29, 0.717) is 6.54 Å². The van der Waals surface area contributed by atoms with Crippen molar-refractivity contribution in [3.05, 3.63) is 66.0 Å². The Morgan fingerprint density at radius 1 is 1.14 bits per heavy atom. The summed E-state index contributed by atoms with van der Waals surface area (Å²) in [5.74, 6) is 0.195. The van der Waals surface area contributed by atoms with E-state index in [1.54, 1.807) is 24.2 Å². The molecule has 0 aliphatic heterocycles. The summed E-state index contributed by atoms with van der Waals surface area (Å²) in [4.78, 5) is 18.6.